The van der Waals surface area contributed by atoms with Crippen LogP contribution in [0.5, 0.6) is 0 Å². The molecule has 2 fully saturated rings. The number of alkyl halides is 2. The van der Waals surface area contributed by atoms with Crippen LogP contribution in [-0.4, -0.2) is 39.4 Å². The van der Waals surface area contributed by atoms with Gasteiger partial charge in [-0.15, -0.1) is 0 Å². The van der Waals surface area contributed by atoms with Gasteiger partial charge in [-0.3, -0.25) is 4.79 Å². The summed E-state index contributed by atoms with van der Waals surface area (Å²) in [5.41, 5.74) is 0.143. The Hall–Kier alpha value is -1.66. The quantitative estimate of drug-likeness (QED) is 0.766. The molecule has 1 aliphatic carbocycles. The number of hydrogen-bond donors (Lipinski definition) is 0. The maximum absolute atomic E-state index is 13.4. The third kappa shape index (κ3) is 2.81. The van der Waals surface area contributed by atoms with Crippen molar-refractivity contribution in [2.75, 3.05) is 13.1 Å². The minimum atomic E-state index is -2.56. The van der Waals surface area contributed by atoms with Gasteiger partial charge in [0, 0.05) is 36.8 Å². The second kappa shape index (κ2) is 5.68. The van der Waals surface area contributed by atoms with Crippen LogP contribution in [0.1, 0.15) is 29.8 Å². The van der Waals surface area contributed by atoms with Crippen LogP contribution in [-0.2, 0) is 0 Å². The van der Waals surface area contributed by atoms with Crippen molar-refractivity contribution in [2.45, 2.75) is 25.2 Å². The van der Waals surface area contributed by atoms with Crippen LogP contribution in [0.4, 0.5) is 8.78 Å². The van der Waals surface area contributed by atoms with Crippen LogP contribution in [0, 0.1) is 5.41 Å². The van der Waals surface area contributed by atoms with Crippen molar-refractivity contribution in [3.8, 4) is 5.69 Å². The highest BCUT2D eigenvalue weighted by Crippen LogP contribution is 2.65. The molecular formula is C17H15Cl2F2N3O. The lowest BCUT2D eigenvalue weighted by atomic mass is 9.93. The standard InChI is InChI=1S/C17H15Cl2F2N3O/c18-12-2-1-11(7-13(12)19)24-8-14(22-10-24)15(25)23-5-3-16(4-6-23)9-17(16,20)21/h1-2,7-8,10H,3-6,9H2. The van der Waals surface area contributed by atoms with Crippen LogP contribution in [0.3, 0.4) is 0 Å². The van der Waals surface area contributed by atoms with E-state index in [0.29, 0.717) is 36.0 Å². The van der Waals surface area contributed by atoms with Crippen molar-refractivity contribution < 1.29 is 13.6 Å². The van der Waals surface area contributed by atoms with Crippen molar-refractivity contribution in [2.24, 2.45) is 5.41 Å². The molecule has 2 aromatic rings. The lowest BCUT2D eigenvalue weighted by Gasteiger charge is -2.31. The molecule has 0 N–H and O–H groups in total. The van der Waals surface area contributed by atoms with Gasteiger partial charge in [0.25, 0.3) is 11.8 Å². The van der Waals surface area contributed by atoms with Gasteiger partial charge in [-0.2, -0.15) is 0 Å². The fourth-order valence-corrected chi connectivity index (χ4v) is 3.74. The Morgan fingerprint density at radius 3 is 2.44 bits per heavy atom. The maximum Gasteiger partial charge on any atom is 0.274 e. The van der Waals surface area contributed by atoms with Gasteiger partial charge in [0.05, 0.1) is 10.0 Å². The van der Waals surface area contributed by atoms with Crippen LogP contribution in [0.15, 0.2) is 30.7 Å². The molecule has 1 saturated heterocycles. The minimum absolute atomic E-state index is 0.0476. The Morgan fingerprint density at radius 2 is 1.84 bits per heavy atom. The maximum atomic E-state index is 13.4. The van der Waals surface area contributed by atoms with Gasteiger partial charge in [-0.05, 0) is 31.0 Å². The van der Waals surface area contributed by atoms with E-state index in [0.717, 1.165) is 5.69 Å². The molecule has 0 bridgehead atoms. The summed E-state index contributed by atoms with van der Waals surface area (Å²) in [4.78, 5) is 18.3. The van der Waals surface area contributed by atoms with Crippen LogP contribution >= 0.6 is 23.2 Å². The minimum Gasteiger partial charge on any atom is -0.337 e. The van der Waals surface area contributed by atoms with Gasteiger partial charge in [0.15, 0.2) is 0 Å². The van der Waals surface area contributed by atoms with E-state index in [2.05, 4.69) is 4.98 Å². The highest BCUT2D eigenvalue weighted by molar-refractivity contribution is 6.42. The SMILES string of the molecule is O=C(c1cn(-c2ccc(Cl)c(Cl)c2)cn1)N1CCC2(CC1)CC2(F)F. The fourth-order valence-electron chi connectivity index (χ4n) is 3.44. The van der Waals surface area contributed by atoms with E-state index < -0.39 is 11.3 Å². The Balaban J connectivity index is 1.47. The first kappa shape index (κ1) is 16.8. The summed E-state index contributed by atoms with van der Waals surface area (Å²) in [6.07, 6.45) is 3.78. The molecule has 1 saturated carbocycles. The van der Waals surface area contributed by atoms with E-state index in [4.69, 9.17) is 23.2 Å². The second-order valence-corrected chi connectivity index (χ2v) is 7.53. The highest BCUT2D eigenvalue weighted by Gasteiger charge is 2.70. The van der Waals surface area contributed by atoms with Crippen molar-refractivity contribution in [3.63, 3.8) is 0 Å². The number of aromatic nitrogens is 2. The molecule has 0 atom stereocenters. The van der Waals surface area contributed by atoms with Gasteiger partial charge < -0.3 is 9.47 Å². The molecule has 1 aromatic heterocycles. The number of rotatable bonds is 2. The average molecular weight is 386 g/mol. The van der Waals surface area contributed by atoms with Crippen LogP contribution in [0.25, 0.3) is 5.69 Å². The van der Waals surface area contributed by atoms with Gasteiger partial charge in [0.2, 0.25) is 0 Å². The Morgan fingerprint density at radius 1 is 1.16 bits per heavy atom. The number of halogens is 4. The lowest BCUT2D eigenvalue weighted by molar-refractivity contribution is 0.0282. The number of carbonyl (C=O) groups excluding carboxylic acids is 1. The monoisotopic (exact) mass is 385 g/mol. The molecule has 0 unspecified atom stereocenters. The predicted molar refractivity (Wildman–Crippen MR) is 90.7 cm³/mol. The summed E-state index contributed by atoms with van der Waals surface area (Å²) >= 11 is 11.9. The van der Waals surface area contributed by atoms with E-state index in [9.17, 15) is 13.6 Å². The second-order valence-electron chi connectivity index (χ2n) is 6.72. The van der Waals surface area contributed by atoms with Gasteiger partial charge in [-0.1, -0.05) is 23.2 Å². The number of benzene rings is 1. The van der Waals surface area contributed by atoms with E-state index in [1.54, 1.807) is 33.9 Å². The summed E-state index contributed by atoms with van der Waals surface area (Å²) in [7, 11) is 0. The Labute approximate surface area is 153 Å². The first-order valence-corrected chi connectivity index (χ1v) is 8.73. The summed E-state index contributed by atoms with van der Waals surface area (Å²) < 4.78 is 28.5. The average Bonchev–Trinajstić information content (AvgIpc) is 2.94. The first-order valence-electron chi connectivity index (χ1n) is 7.98. The Kier molecular flexibility index (Phi) is 3.81. The molecule has 1 aromatic carbocycles. The highest BCUT2D eigenvalue weighted by atomic mass is 35.5. The van der Waals surface area contributed by atoms with Crippen molar-refractivity contribution >= 4 is 29.1 Å². The summed E-state index contributed by atoms with van der Waals surface area (Å²) in [5.74, 6) is -2.80. The molecule has 4 rings (SSSR count). The molecule has 25 heavy (non-hydrogen) atoms. The number of piperidine rings is 1. The molecule has 1 aliphatic heterocycles. The van der Waals surface area contributed by atoms with E-state index >= 15 is 0 Å². The number of carbonyl (C=O) groups is 1. The zero-order valence-electron chi connectivity index (χ0n) is 13.2. The topological polar surface area (TPSA) is 38.1 Å². The lowest BCUT2D eigenvalue weighted by Crippen LogP contribution is -2.40. The third-order valence-electron chi connectivity index (χ3n) is 5.22. The zero-order valence-corrected chi connectivity index (χ0v) is 14.7. The molecule has 0 radical (unpaired) electrons. The van der Waals surface area contributed by atoms with Crippen LogP contribution < -0.4 is 0 Å². The smallest absolute Gasteiger partial charge is 0.274 e. The van der Waals surface area contributed by atoms with Crippen LogP contribution in [0.2, 0.25) is 10.0 Å². The zero-order chi connectivity index (χ0) is 17.8. The summed E-state index contributed by atoms with van der Waals surface area (Å²) in [5, 5.41) is 0.855. The molecule has 2 heterocycles. The van der Waals surface area contributed by atoms with E-state index in [-0.39, 0.29) is 18.0 Å². The third-order valence-corrected chi connectivity index (χ3v) is 5.96. The fraction of sp³-hybridized carbons (Fsp3) is 0.412. The Bertz CT molecular complexity index is 844. The molecule has 132 valence electrons. The van der Waals surface area contributed by atoms with Crippen molar-refractivity contribution in [3.05, 3.63) is 46.5 Å². The first-order chi connectivity index (χ1) is 11.8. The number of hydrogen-bond acceptors (Lipinski definition) is 2. The molecule has 1 amide bonds. The van der Waals surface area contributed by atoms with E-state index in [1.807, 2.05) is 0 Å². The number of imidazole rings is 1. The summed E-state index contributed by atoms with van der Waals surface area (Å²) in [6, 6.07) is 5.12. The van der Waals surface area contributed by atoms with Gasteiger partial charge >= 0.3 is 0 Å². The number of likely N-dealkylation sites (tertiary alicyclic amines) is 1. The van der Waals surface area contributed by atoms with Crippen molar-refractivity contribution in [1.29, 1.82) is 0 Å². The number of amides is 1. The predicted octanol–water partition coefficient (Wildman–Crippen LogP) is 4.44. The number of nitrogens with zero attached hydrogens (tertiary/aromatic N) is 3. The molecular weight excluding hydrogens is 371 g/mol. The summed E-state index contributed by atoms with van der Waals surface area (Å²) in [6.45, 7) is 0.683. The molecule has 1 spiro atoms. The molecule has 2 aliphatic rings. The van der Waals surface area contributed by atoms with E-state index in [1.165, 1.54) is 6.33 Å². The van der Waals surface area contributed by atoms with Gasteiger partial charge in [0.1, 0.15) is 12.0 Å². The van der Waals surface area contributed by atoms with Gasteiger partial charge in [-0.25, -0.2) is 13.8 Å². The normalized spacial score (nSPS) is 20.7. The largest absolute Gasteiger partial charge is 0.337 e. The molecule has 8 heteroatoms. The van der Waals surface area contributed by atoms with Crippen molar-refractivity contribution in [1.82, 2.24) is 14.5 Å². The molecule has 4 nitrogen and oxygen atoms in total.